The van der Waals surface area contributed by atoms with Gasteiger partial charge in [0.05, 0.1) is 5.75 Å². The van der Waals surface area contributed by atoms with E-state index in [9.17, 15) is 30.4 Å². The number of anilines is 1. The van der Waals surface area contributed by atoms with Gasteiger partial charge in [-0.15, -0.1) is 0 Å². The van der Waals surface area contributed by atoms with E-state index < -0.39 is 50.5 Å². The summed E-state index contributed by atoms with van der Waals surface area (Å²) in [6.45, 7) is 0.304. The Bertz CT molecular complexity index is 577. The average Bonchev–Trinajstić information content (AvgIpc) is 2.39. The first-order valence-electron chi connectivity index (χ1n) is 5.37. The Labute approximate surface area is 112 Å². The Hall–Kier alpha value is -1.42. The van der Waals surface area contributed by atoms with Gasteiger partial charge in [-0.3, -0.25) is 4.72 Å². The largest absolute Gasteiger partial charge is 0.320 e. The van der Waals surface area contributed by atoms with Gasteiger partial charge in [-0.25, -0.2) is 30.4 Å². The molecular formula is C10H11F5N2O2S. The first kappa shape index (κ1) is 16.6. The number of hydrogen-bond acceptors (Lipinski definition) is 3. The number of nitrogens with one attached hydrogen (secondary N) is 2. The monoisotopic (exact) mass is 318 g/mol. The van der Waals surface area contributed by atoms with Gasteiger partial charge in [-0.1, -0.05) is 0 Å². The molecule has 114 valence electrons. The maximum atomic E-state index is 13.3. The van der Waals surface area contributed by atoms with E-state index in [0.29, 0.717) is 6.54 Å². The lowest BCUT2D eigenvalue weighted by atomic mass is 10.2. The summed E-state index contributed by atoms with van der Waals surface area (Å²) >= 11 is 0. The highest BCUT2D eigenvalue weighted by atomic mass is 32.2. The van der Waals surface area contributed by atoms with Crippen molar-refractivity contribution in [3.8, 4) is 0 Å². The van der Waals surface area contributed by atoms with E-state index in [-0.39, 0.29) is 6.42 Å². The van der Waals surface area contributed by atoms with Gasteiger partial charge in [0.2, 0.25) is 15.8 Å². The second kappa shape index (κ2) is 6.35. The van der Waals surface area contributed by atoms with E-state index in [1.54, 1.807) is 7.05 Å². The van der Waals surface area contributed by atoms with Crippen LogP contribution < -0.4 is 10.0 Å². The average molecular weight is 318 g/mol. The minimum Gasteiger partial charge on any atom is -0.320 e. The molecule has 0 bridgehead atoms. The highest BCUT2D eigenvalue weighted by Gasteiger charge is 2.28. The molecule has 0 heterocycles. The lowest BCUT2D eigenvalue weighted by Gasteiger charge is -2.11. The zero-order valence-electron chi connectivity index (χ0n) is 10.2. The zero-order chi connectivity index (χ0) is 15.5. The first-order valence-corrected chi connectivity index (χ1v) is 7.03. The first-order chi connectivity index (χ1) is 9.21. The van der Waals surface area contributed by atoms with Crippen LogP contribution in [0.4, 0.5) is 27.6 Å². The SMILES string of the molecule is CNCCCS(=O)(=O)Nc1c(F)c(F)c(F)c(F)c1F. The highest BCUT2D eigenvalue weighted by molar-refractivity contribution is 7.92. The molecule has 0 spiro atoms. The summed E-state index contributed by atoms with van der Waals surface area (Å²) in [5.41, 5.74) is -1.58. The predicted octanol–water partition coefficient (Wildman–Crippen LogP) is 1.73. The van der Waals surface area contributed by atoms with E-state index in [0.717, 1.165) is 0 Å². The van der Waals surface area contributed by atoms with Crippen molar-refractivity contribution in [1.82, 2.24) is 5.32 Å². The Kier molecular flexibility index (Phi) is 5.28. The number of hydrogen-bond donors (Lipinski definition) is 2. The quantitative estimate of drug-likeness (QED) is 0.363. The fraction of sp³-hybridized carbons (Fsp3) is 0.400. The molecule has 1 rings (SSSR count). The summed E-state index contributed by atoms with van der Waals surface area (Å²) in [6.07, 6.45) is 0.0984. The number of benzene rings is 1. The maximum Gasteiger partial charge on any atom is 0.232 e. The molecule has 1 aromatic rings. The summed E-state index contributed by atoms with van der Waals surface area (Å²) in [5.74, 6) is -11.8. The van der Waals surface area contributed by atoms with E-state index in [1.165, 1.54) is 4.72 Å². The van der Waals surface area contributed by atoms with Crippen molar-refractivity contribution < 1.29 is 30.4 Å². The predicted molar refractivity (Wildman–Crippen MR) is 62.2 cm³/mol. The van der Waals surface area contributed by atoms with Crippen LogP contribution in [0, 0.1) is 29.1 Å². The van der Waals surface area contributed by atoms with Gasteiger partial charge in [-0.05, 0) is 20.0 Å². The molecule has 0 aliphatic rings. The molecule has 4 nitrogen and oxygen atoms in total. The van der Waals surface area contributed by atoms with Crippen LogP contribution in [0.15, 0.2) is 0 Å². The summed E-state index contributed by atoms with van der Waals surface area (Å²) < 4.78 is 89.4. The van der Waals surface area contributed by atoms with E-state index in [4.69, 9.17) is 0 Å². The fourth-order valence-corrected chi connectivity index (χ4v) is 2.46. The van der Waals surface area contributed by atoms with Gasteiger partial charge in [0.25, 0.3) is 0 Å². The lowest BCUT2D eigenvalue weighted by molar-refractivity contribution is 0.382. The van der Waals surface area contributed by atoms with Gasteiger partial charge in [0, 0.05) is 0 Å². The van der Waals surface area contributed by atoms with Crippen LogP contribution >= 0.6 is 0 Å². The Morgan fingerprint density at radius 3 is 1.80 bits per heavy atom. The maximum absolute atomic E-state index is 13.3. The molecule has 1 aromatic carbocycles. The third-order valence-electron chi connectivity index (χ3n) is 2.31. The van der Waals surface area contributed by atoms with Crippen LogP contribution in [0.1, 0.15) is 6.42 Å². The summed E-state index contributed by atoms with van der Waals surface area (Å²) in [7, 11) is -2.66. The summed E-state index contributed by atoms with van der Waals surface area (Å²) in [6, 6.07) is 0. The third-order valence-corrected chi connectivity index (χ3v) is 3.65. The minimum atomic E-state index is -4.22. The minimum absolute atomic E-state index is 0.0984. The normalized spacial score (nSPS) is 11.7. The van der Waals surface area contributed by atoms with Gasteiger partial charge >= 0.3 is 0 Å². The van der Waals surface area contributed by atoms with E-state index in [2.05, 4.69) is 5.32 Å². The molecule has 10 heteroatoms. The smallest absolute Gasteiger partial charge is 0.232 e. The van der Waals surface area contributed by atoms with Crippen molar-refractivity contribution in [3.05, 3.63) is 29.1 Å². The third kappa shape index (κ3) is 3.57. The van der Waals surface area contributed by atoms with Crippen LogP contribution in [-0.2, 0) is 10.0 Å². The topological polar surface area (TPSA) is 58.2 Å². The van der Waals surface area contributed by atoms with Crippen molar-refractivity contribution in [2.75, 3.05) is 24.1 Å². The Balaban J connectivity index is 3.10. The lowest BCUT2D eigenvalue weighted by Crippen LogP contribution is -2.22. The summed E-state index contributed by atoms with van der Waals surface area (Å²) in [5, 5.41) is 2.64. The highest BCUT2D eigenvalue weighted by Crippen LogP contribution is 2.27. The molecule has 20 heavy (non-hydrogen) atoms. The van der Waals surface area contributed by atoms with Crippen LogP contribution in [0.5, 0.6) is 0 Å². The van der Waals surface area contributed by atoms with Crippen LogP contribution in [0.3, 0.4) is 0 Å². The molecule has 0 radical (unpaired) electrons. The molecule has 0 fully saturated rings. The zero-order valence-corrected chi connectivity index (χ0v) is 11.1. The van der Waals surface area contributed by atoms with E-state index in [1.807, 2.05) is 0 Å². The molecule has 2 N–H and O–H groups in total. The number of halogens is 5. The Morgan fingerprint density at radius 2 is 1.35 bits per heavy atom. The molecule has 0 amide bonds. The Morgan fingerprint density at radius 1 is 0.900 bits per heavy atom. The van der Waals surface area contributed by atoms with Crippen molar-refractivity contribution in [1.29, 1.82) is 0 Å². The molecule has 0 atom stereocenters. The molecule has 0 aliphatic heterocycles. The van der Waals surface area contributed by atoms with E-state index >= 15 is 0 Å². The van der Waals surface area contributed by atoms with Crippen molar-refractivity contribution >= 4 is 15.7 Å². The molecule has 0 saturated heterocycles. The number of sulfonamides is 1. The van der Waals surface area contributed by atoms with Crippen molar-refractivity contribution in [3.63, 3.8) is 0 Å². The molecular weight excluding hydrogens is 307 g/mol. The van der Waals surface area contributed by atoms with Gasteiger partial charge < -0.3 is 5.32 Å². The van der Waals surface area contributed by atoms with Gasteiger partial charge in [-0.2, -0.15) is 0 Å². The van der Waals surface area contributed by atoms with Gasteiger partial charge in [0.15, 0.2) is 23.3 Å². The number of rotatable bonds is 6. The second-order valence-electron chi connectivity index (χ2n) is 3.82. The molecule has 0 aliphatic carbocycles. The van der Waals surface area contributed by atoms with Crippen LogP contribution in [-0.4, -0.2) is 27.8 Å². The van der Waals surface area contributed by atoms with Gasteiger partial charge in [0.1, 0.15) is 5.69 Å². The van der Waals surface area contributed by atoms with Crippen molar-refractivity contribution in [2.24, 2.45) is 0 Å². The molecule has 0 unspecified atom stereocenters. The fourth-order valence-electron chi connectivity index (χ4n) is 1.34. The van der Waals surface area contributed by atoms with Crippen molar-refractivity contribution in [2.45, 2.75) is 6.42 Å². The summed E-state index contributed by atoms with van der Waals surface area (Å²) in [4.78, 5) is 0. The molecule has 0 saturated carbocycles. The van der Waals surface area contributed by atoms with Crippen LogP contribution in [0.2, 0.25) is 0 Å². The standard InChI is InChI=1S/C10H11F5N2O2S/c1-16-3-2-4-20(18,19)17-10-8(14)6(12)5(11)7(13)9(10)15/h16-17H,2-4H2,1H3. The second-order valence-corrected chi connectivity index (χ2v) is 5.66. The molecule has 0 aromatic heterocycles. The van der Waals surface area contributed by atoms with Crippen LogP contribution in [0.25, 0.3) is 0 Å².